The fourth-order valence-corrected chi connectivity index (χ4v) is 3.93. The van der Waals surface area contributed by atoms with E-state index in [-0.39, 0.29) is 17.9 Å². The Balaban J connectivity index is 1.83. The summed E-state index contributed by atoms with van der Waals surface area (Å²) in [5.74, 6) is -0.0818. The van der Waals surface area contributed by atoms with Gasteiger partial charge in [-0.1, -0.05) is 38.1 Å². The van der Waals surface area contributed by atoms with Crippen LogP contribution in [-0.4, -0.2) is 28.8 Å². The fourth-order valence-electron chi connectivity index (χ4n) is 3.93. The third kappa shape index (κ3) is 3.91. The maximum absolute atomic E-state index is 13.1. The summed E-state index contributed by atoms with van der Waals surface area (Å²) in [7, 11) is 1.55. The number of ether oxygens (including phenoxy) is 1. The monoisotopic (exact) mass is 431 g/mol. The molecule has 0 radical (unpaired) electrons. The highest BCUT2D eigenvalue weighted by atomic mass is 16.5. The third-order valence-electron chi connectivity index (χ3n) is 5.73. The normalized spacial score (nSPS) is 17.9. The molecule has 3 aromatic rings. The summed E-state index contributed by atoms with van der Waals surface area (Å²) in [4.78, 5) is 27.5. The van der Waals surface area contributed by atoms with Crippen LogP contribution in [-0.2, 0) is 16.1 Å². The molecule has 0 saturated carbocycles. The highest BCUT2D eigenvalue weighted by Gasteiger charge is 2.46. The molecule has 164 valence electrons. The van der Waals surface area contributed by atoms with Crippen LogP contribution in [0.15, 0.2) is 76.9 Å². The number of hydrogen-bond acceptors (Lipinski definition) is 5. The minimum atomic E-state index is -0.733. The molecule has 1 amide bonds. The molecule has 0 bridgehead atoms. The van der Waals surface area contributed by atoms with Crippen LogP contribution in [0.25, 0.3) is 5.76 Å². The number of aliphatic hydroxyl groups is 1. The van der Waals surface area contributed by atoms with Crippen LogP contribution in [0.1, 0.15) is 48.3 Å². The summed E-state index contributed by atoms with van der Waals surface area (Å²) in [6, 6.07) is 17.2. The molecule has 1 saturated heterocycles. The van der Waals surface area contributed by atoms with Gasteiger partial charge in [0.05, 0.1) is 31.5 Å². The Morgan fingerprint density at radius 2 is 1.75 bits per heavy atom. The van der Waals surface area contributed by atoms with Gasteiger partial charge in [-0.25, -0.2) is 0 Å². The second-order valence-corrected chi connectivity index (χ2v) is 8.06. The number of benzene rings is 2. The van der Waals surface area contributed by atoms with Crippen LogP contribution < -0.4 is 4.74 Å². The molecule has 1 N–H and O–H groups in total. The first-order valence-electron chi connectivity index (χ1n) is 10.5. The van der Waals surface area contributed by atoms with Crippen molar-refractivity contribution in [2.75, 3.05) is 7.11 Å². The van der Waals surface area contributed by atoms with E-state index < -0.39 is 17.7 Å². The zero-order valence-electron chi connectivity index (χ0n) is 18.2. The molecule has 1 aliphatic rings. The summed E-state index contributed by atoms with van der Waals surface area (Å²) in [5.41, 5.74) is 2.39. The standard InChI is InChI=1S/C26H25NO5/c1-16(2)17-6-8-18(9-7-17)23-22(24(28)19-10-12-20(31-3)13-11-19)25(29)26(30)27(23)15-21-5-4-14-32-21/h4-14,16,23,28H,15H2,1-3H3. The topological polar surface area (TPSA) is 80.0 Å². The minimum absolute atomic E-state index is 0.0593. The molecule has 1 fully saturated rings. The van der Waals surface area contributed by atoms with Crippen molar-refractivity contribution < 1.29 is 23.8 Å². The van der Waals surface area contributed by atoms with Crippen molar-refractivity contribution in [2.45, 2.75) is 32.4 Å². The number of ketones is 1. The van der Waals surface area contributed by atoms with E-state index in [4.69, 9.17) is 9.15 Å². The molecule has 32 heavy (non-hydrogen) atoms. The molecule has 1 aliphatic heterocycles. The van der Waals surface area contributed by atoms with E-state index in [9.17, 15) is 14.7 Å². The Hall–Kier alpha value is -3.80. The molecule has 2 aromatic carbocycles. The van der Waals surface area contributed by atoms with Crippen LogP contribution in [0.4, 0.5) is 0 Å². The molecule has 0 spiro atoms. The number of furan rings is 1. The maximum Gasteiger partial charge on any atom is 0.296 e. The number of methoxy groups -OCH3 is 1. The largest absolute Gasteiger partial charge is 0.507 e. The van der Waals surface area contributed by atoms with Gasteiger partial charge < -0.3 is 19.2 Å². The molecule has 6 nitrogen and oxygen atoms in total. The summed E-state index contributed by atoms with van der Waals surface area (Å²) in [5, 5.41) is 11.1. The Kier molecular flexibility index (Phi) is 5.86. The number of carbonyl (C=O) groups is 2. The Morgan fingerprint density at radius 3 is 2.31 bits per heavy atom. The first-order chi connectivity index (χ1) is 15.4. The number of carbonyl (C=O) groups excluding carboxylic acids is 2. The quantitative estimate of drug-likeness (QED) is 0.336. The van der Waals surface area contributed by atoms with Crippen LogP contribution in [0.5, 0.6) is 5.75 Å². The van der Waals surface area contributed by atoms with Gasteiger partial charge in [0.1, 0.15) is 17.3 Å². The number of hydrogen-bond donors (Lipinski definition) is 1. The first kappa shape index (κ1) is 21.4. The average molecular weight is 431 g/mol. The van der Waals surface area contributed by atoms with Gasteiger partial charge in [0.15, 0.2) is 0 Å². The minimum Gasteiger partial charge on any atom is -0.507 e. The predicted octanol–water partition coefficient (Wildman–Crippen LogP) is 5.03. The van der Waals surface area contributed by atoms with Crippen molar-refractivity contribution in [3.05, 3.63) is 95.0 Å². The third-order valence-corrected chi connectivity index (χ3v) is 5.73. The van der Waals surface area contributed by atoms with Gasteiger partial charge in [-0.2, -0.15) is 0 Å². The average Bonchev–Trinajstić information content (AvgIpc) is 3.41. The second kappa shape index (κ2) is 8.75. The lowest BCUT2D eigenvalue weighted by molar-refractivity contribution is -0.140. The fraction of sp³-hybridized carbons (Fsp3) is 0.231. The lowest BCUT2D eigenvalue weighted by Gasteiger charge is -2.25. The SMILES string of the molecule is COc1ccc(C(O)=C2C(=O)C(=O)N(Cc3ccco3)C2c2ccc(C(C)C)cc2)cc1. The van der Waals surface area contributed by atoms with E-state index in [1.54, 1.807) is 43.5 Å². The van der Waals surface area contributed by atoms with Crippen molar-refractivity contribution in [3.8, 4) is 5.75 Å². The first-order valence-corrected chi connectivity index (χ1v) is 10.5. The number of aliphatic hydroxyl groups excluding tert-OH is 1. The Labute approximate surface area is 186 Å². The zero-order chi connectivity index (χ0) is 22.8. The highest BCUT2D eigenvalue weighted by molar-refractivity contribution is 6.46. The maximum atomic E-state index is 13.1. The lowest BCUT2D eigenvalue weighted by Crippen LogP contribution is -2.29. The molecule has 6 heteroatoms. The summed E-state index contributed by atoms with van der Waals surface area (Å²) in [6.07, 6.45) is 1.52. The van der Waals surface area contributed by atoms with Crippen LogP contribution in [0, 0.1) is 0 Å². The molecule has 2 heterocycles. The number of rotatable bonds is 6. The van der Waals surface area contributed by atoms with Crippen molar-refractivity contribution in [1.82, 2.24) is 4.90 Å². The van der Waals surface area contributed by atoms with Crippen molar-refractivity contribution in [3.63, 3.8) is 0 Å². The highest BCUT2D eigenvalue weighted by Crippen LogP contribution is 2.40. The number of likely N-dealkylation sites (tertiary alicyclic amines) is 1. The molecular weight excluding hydrogens is 406 g/mol. The zero-order valence-corrected chi connectivity index (χ0v) is 18.2. The molecule has 4 rings (SSSR count). The van der Waals surface area contributed by atoms with Crippen LogP contribution >= 0.6 is 0 Å². The predicted molar refractivity (Wildman–Crippen MR) is 120 cm³/mol. The van der Waals surface area contributed by atoms with Crippen LogP contribution in [0.2, 0.25) is 0 Å². The van der Waals surface area contributed by atoms with Gasteiger partial charge in [-0.3, -0.25) is 9.59 Å². The van der Waals surface area contributed by atoms with E-state index in [0.29, 0.717) is 23.0 Å². The van der Waals surface area contributed by atoms with Gasteiger partial charge in [-0.05, 0) is 53.4 Å². The smallest absolute Gasteiger partial charge is 0.296 e. The van der Waals surface area contributed by atoms with Crippen molar-refractivity contribution in [1.29, 1.82) is 0 Å². The van der Waals surface area contributed by atoms with Gasteiger partial charge in [0.25, 0.3) is 11.7 Å². The lowest BCUT2D eigenvalue weighted by atomic mass is 9.93. The van der Waals surface area contributed by atoms with Gasteiger partial charge >= 0.3 is 0 Å². The van der Waals surface area contributed by atoms with E-state index in [1.165, 1.54) is 11.2 Å². The van der Waals surface area contributed by atoms with Crippen LogP contribution in [0.3, 0.4) is 0 Å². The van der Waals surface area contributed by atoms with Gasteiger partial charge in [0, 0.05) is 5.56 Å². The van der Waals surface area contributed by atoms with E-state index >= 15 is 0 Å². The summed E-state index contributed by atoms with van der Waals surface area (Å²) >= 11 is 0. The number of Topliss-reactive ketones (excluding diaryl/α,β-unsaturated/α-hetero) is 1. The molecule has 0 aliphatic carbocycles. The van der Waals surface area contributed by atoms with Gasteiger partial charge in [0.2, 0.25) is 0 Å². The summed E-state index contributed by atoms with van der Waals surface area (Å²) in [6.45, 7) is 4.32. The summed E-state index contributed by atoms with van der Waals surface area (Å²) < 4.78 is 10.6. The Bertz CT molecular complexity index is 1140. The molecule has 1 atom stereocenters. The van der Waals surface area contributed by atoms with E-state index in [1.807, 2.05) is 24.3 Å². The number of amides is 1. The van der Waals surface area contributed by atoms with Gasteiger partial charge in [-0.15, -0.1) is 0 Å². The van der Waals surface area contributed by atoms with E-state index in [2.05, 4.69) is 13.8 Å². The van der Waals surface area contributed by atoms with Crippen molar-refractivity contribution >= 4 is 17.4 Å². The van der Waals surface area contributed by atoms with E-state index in [0.717, 1.165) is 11.1 Å². The second-order valence-electron chi connectivity index (χ2n) is 8.06. The molecule has 1 unspecified atom stereocenters. The number of nitrogens with zero attached hydrogens (tertiary/aromatic N) is 1. The molecule has 1 aromatic heterocycles. The van der Waals surface area contributed by atoms with Crippen molar-refractivity contribution in [2.24, 2.45) is 0 Å². The molecular formula is C26H25NO5. The Morgan fingerprint density at radius 1 is 1.06 bits per heavy atom.